The Kier molecular flexibility index (Phi) is 1.65. The first kappa shape index (κ1) is 9.15. The minimum absolute atomic E-state index is 0.138. The Morgan fingerprint density at radius 3 is 2.82 bits per heavy atom. The van der Waals surface area contributed by atoms with E-state index >= 15 is 0 Å². The van der Waals surface area contributed by atoms with Crippen LogP contribution in [0.3, 0.4) is 0 Å². The van der Waals surface area contributed by atoms with Crippen molar-refractivity contribution < 1.29 is 4.79 Å². The van der Waals surface area contributed by atoms with Crippen LogP contribution in [0.5, 0.6) is 0 Å². The fraction of sp³-hybridized carbons (Fsp3) is 0.417. The summed E-state index contributed by atoms with van der Waals surface area (Å²) in [7, 11) is 0. The Hall–Kier alpha value is -1.91. The lowest BCUT2D eigenvalue weighted by Gasteiger charge is -2.28. The van der Waals surface area contributed by atoms with E-state index in [4.69, 9.17) is 0 Å². The van der Waals surface area contributed by atoms with Crippen LogP contribution in [0.15, 0.2) is 18.5 Å². The number of carbonyl (C=O) groups is 1. The first-order valence-corrected chi connectivity index (χ1v) is 5.96. The highest BCUT2D eigenvalue weighted by molar-refractivity contribution is 5.98. The molecule has 1 saturated carbocycles. The second kappa shape index (κ2) is 3.06. The molecule has 17 heavy (non-hydrogen) atoms. The van der Waals surface area contributed by atoms with Gasteiger partial charge in [-0.3, -0.25) is 9.78 Å². The normalized spacial score (nSPS) is 19.8. The maximum atomic E-state index is 12.3. The molecule has 0 unspecified atom stereocenters. The van der Waals surface area contributed by atoms with Crippen LogP contribution in [-0.4, -0.2) is 37.9 Å². The van der Waals surface area contributed by atoms with Gasteiger partial charge in [-0.15, -0.1) is 0 Å². The molecule has 2 aromatic heterocycles. The Balaban J connectivity index is 1.88. The molecule has 0 saturated heterocycles. The Morgan fingerprint density at radius 1 is 1.18 bits per heavy atom. The van der Waals surface area contributed by atoms with Crippen molar-refractivity contribution in [2.24, 2.45) is 0 Å². The number of hydrogen-bond acceptors (Lipinski definition) is 3. The molecule has 0 atom stereocenters. The summed E-state index contributed by atoms with van der Waals surface area (Å²) in [6.07, 6.45) is 5.65. The number of aromatic nitrogens is 3. The molecule has 1 fully saturated rings. The van der Waals surface area contributed by atoms with Gasteiger partial charge in [-0.05, 0) is 18.9 Å². The van der Waals surface area contributed by atoms with Gasteiger partial charge >= 0.3 is 0 Å². The summed E-state index contributed by atoms with van der Waals surface area (Å²) in [4.78, 5) is 22.9. The van der Waals surface area contributed by atoms with Crippen molar-refractivity contribution in [3.05, 3.63) is 24.2 Å². The second-order valence-electron chi connectivity index (χ2n) is 4.68. The van der Waals surface area contributed by atoms with Crippen LogP contribution < -0.4 is 0 Å². The summed E-state index contributed by atoms with van der Waals surface area (Å²) < 4.78 is 1.99. The van der Waals surface area contributed by atoms with E-state index < -0.39 is 0 Å². The molecule has 1 aliphatic carbocycles. The third-order valence-corrected chi connectivity index (χ3v) is 3.56. The van der Waals surface area contributed by atoms with E-state index in [9.17, 15) is 4.79 Å². The molecule has 2 aromatic rings. The predicted octanol–water partition coefficient (Wildman–Crippen LogP) is 1.05. The molecule has 0 aromatic carbocycles. The van der Waals surface area contributed by atoms with E-state index in [0.29, 0.717) is 6.04 Å². The minimum Gasteiger partial charge on any atom is -0.333 e. The molecule has 2 aliphatic rings. The van der Waals surface area contributed by atoms with Crippen LogP contribution in [0.4, 0.5) is 0 Å². The van der Waals surface area contributed by atoms with Gasteiger partial charge < -0.3 is 9.47 Å². The number of nitrogens with zero attached hydrogens (tertiary/aromatic N) is 4. The molecular weight excluding hydrogens is 216 g/mol. The fourth-order valence-electron chi connectivity index (χ4n) is 2.57. The van der Waals surface area contributed by atoms with Crippen molar-refractivity contribution in [3.8, 4) is 0 Å². The SMILES string of the molecule is O=C1c2cc3nccnc3n2CCN1C1CC1. The van der Waals surface area contributed by atoms with Crippen molar-refractivity contribution in [2.45, 2.75) is 25.4 Å². The highest BCUT2D eigenvalue weighted by Crippen LogP contribution is 2.31. The molecule has 1 aliphatic heterocycles. The zero-order chi connectivity index (χ0) is 11.4. The monoisotopic (exact) mass is 228 g/mol. The van der Waals surface area contributed by atoms with Gasteiger partial charge in [0.2, 0.25) is 0 Å². The van der Waals surface area contributed by atoms with Gasteiger partial charge in [-0.2, -0.15) is 0 Å². The first-order chi connectivity index (χ1) is 8.34. The first-order valence-electron chi connectivity index (χ1n) is 5.96. The molecule has 0 N–H and O–H groups in total. The standard InChI is InChI=1S/C12H12N4O/c17-12-10-7-9-11(14-4-3-13-9)16(10)6-5-15(12)8-1-2-8/h3-4,7-8H,1-2,5-6H2. The lowest BCUT2D eigenvalue weighted by atomic mass is 10.3. The second-order valence-corrected chi connectivity index (χ2v) is 4.68. The number of rotatable bonds is 1. The molecule has 1 amide bonds. The topological polar surface area (TPSA) is 51.0 Å². The average molecular weight is 228 g/mol. The smallest absolute Gasteiger partial charge is 0.270 e. The van der Waals surface area contributed by atoms with Gasteiger partial charge in [-0.25, -0.2) is 4.98 Å². The van der Waals surface area contributed by atoms with Gasteiger partial charge in [0.25, 0.3) is 5.91 Å². The summed E-state index contributed by atoms with van der Waals surface area (Å²) in [5.41, 5.74) is 2.38. The van der Waals surface area contributed by atoms with E-state index in [0.717, 1.165) is 42.8 Å². The van der Waals surface area contributed by atoms with Crippen LogP contribution in [0.2, 0.25) is 0 Å². The summed E-state index contributed by atoms with van der Waals surface area (Å²) in [5, 5.41) is 0. The third-order valence-electron chi connectivity index (χ3n) is 3.56. The molecule has 5 nitrogen and oxygen atoms in total. The molecule has 4 rings (SSSR count). The van der Waals surface area contributed by atoms with Gasteiger partial charge in [0.1, 0.15) is 11.2 Å². The Morgan fingerprint density at radius 2 is 2.00 bits per heavy atom. The third kappa shape index (κ3) is 1.22. The van der Waals surface area contributed by atoms with Crippen molar-refractivity contribution >= 4 is 17.1 Å². The Labute approximate surface area is 98.1 Å². The summed E-state index contributed by atoms with van der Waals surface area (Å²) in [6, 6.07) is 2.34. The maximum Gasteiger partial charge on any atom is 0.270 e. The molecule has 3 heterocycles. The molecule has 0 spiro atoms. The van der Waals surface area contributed by atoms with Crippen LogP contribution in [0.25, 0.3) is 11.2 Å². The van der Waals surface area contributed by atoms with Crippen LogP contribution in [0, 0.1) is 0 Å². The highest BCUT2D eigenvalue weighted by Gasteiger charge is 2.36. The van der Waals surface area contributed by atoms with Crippen molar-refractivity contribution in [1.29, 1.82) is 0 Å². The summed E-state index contributed by atoms with van der Waals surface area (Å²) in [6.45, 7) is 1.64. The highest BCUT2D eigenvalue weighted by atomic mass is 16.2. The van der Waals surface area contributed by atoms with E-state index in [1.165, 1.54) is 0 Å². The van der Waals surface area contributed by atoms with E-state index in [1.54, 1.807) is 12.4 Å². The Bertz CT molecular complexity index is 614. The van der Waals surface area contributed by atoms with Gasteiger partial charge in [-0.1, -0.05) is 0 Å². The van der Waals surface area contributed by atoms with E-state index in [2.05, 4.69) is 9.97 Å². The predicted molar refractivity (Wildman–Crippen MR) is 61.6 cm³/mol. The van der Waals surface area contributed by atoms with Crippen molar-refractivity contribution in [2.75, 3.05) is 6.54 Å². The summed E-state index contributed by atoms with van der Waals surface area (Å²) >= 11 is 0. The quantitative estimate of drug-likeness (QED) is 0.733. The molecule has 5 heteroatoms. The molecule has 0 radical (unpaired) electrons. The van der Waals surface area contributed by atoms with E-state index in [1.807, 2.05) is 15.5 Å². The van der Waals surface area contributed by atoms with Crippen molar-refractivity contribution in [3.63, 3.8) is 0 Å². The molecule has 86 valence electrons. The lowest BCUT2D eigenvalue weighted by Crippen LogP contribution is -2.41. The number of fused-ring (bicyclic) bond motifs is 3. The maximum absolute atomic E-state index is 12.3. The van der Waals surface area contributed by atoms with Crippen LogP contribution >= 0.6 is 0 Å². The van der Waals surface area contributed by atoms with Crippen LogP contribution in [-0.2, 0) is 6.54 Å². The van der Waals surface area contributed by atoms with Gasteiger partial charge in [0.15, 0.2) is 5.65 Å². The fourth-order valence-corrected chi connectivity index (χ4v) is 2.57. The summed E-state index contributed by atoms with van der Waals surface area (Å²) in [5.74, 6) is 0.138. The number of amides is 1. The number of hydrogen-bond donors (Lipinski definition) is 0. The molecular formula is C12H12N4O. The zero-order valence-corrected chi connectivity index (χ0v) is 9.33. The zero-order valence-electron chi connectivity index (χ0n) is 9.33. The van der Waals surface area contributed by atoms with Gasteiger partial charge in [0.05, 0.1) is 0 Å². The average Bonchev–Trinajstić information content (AvgIpc) is 3.11. The van der Waals surface area contributed by atoms with Crippen LogP contribution in [0.1, 0.15) is 23.3 Å². The minimum atomic E-state index is 0.138. The number of carbonyl (C=O) groups excluding carboxylic acids is 1. The van der Waals surface area contributed by atoms with Gasteiger partial charge in [0, 0.05) is 31.5 Å². The lowest BCUT2D eigenvalue weighted by molar-refractivity contribution is 0.0692. The largest absolute Gasteiger partial charge is 0.333 e. The molecule has 0 bridgehead atoms. The van der Waals surface area contributed by atoms with Crippen molar-refractivity contribution in [1.82, 2.24) is 19.4 Å². The van der Waals surface area contributed by atoms with E-state index in [-0.39, 0.29) is 5.91 Å².